The van der Waals surface area contributed by atoms with Gasteiger partial charge in [0.25, 0.3) is 5.91 Å². The zero-order valence-electron chi connectivity index (χ0n) is 12.8. The number of anilines is 1. The largest absolute Gasteiger partial charge is 0.455 e. The monoisotopic (exact) mass is 315 g/mol. The average molecular weight is 315 g/mol. The number of aryl methyl sites for hydroxylation is 1. The predicted octanol–water partition coefficient (Wildman–Crippen LogP) is 3.11. The van der Waals surface area contributed by atoms with Gasteiger partial charge in [-0.15, -0.1) is 0 Å². The van der Waals surface area contributed by atoms with E-state index in [2.05, 4.69) is 5.32 Å². The normalized spacial score (nSPS) is 10.2. The van der Waals surface area contributed by atoms with Crippen LogP contribution >= 0.6 is 0 Å². The Bertz CT molecular complexity index is 666. The molecule has 0 aliphatic rings. The summed E-state index contributed by atoms with van der Waals surface area (Å²) < 4.78 is 17.7. The Kier molecular flexibility index (Phi) is 5.86. The van der Waals surface area contributed by atoms with Gasteiger partial charge in [-0.2, -0.15) is 0 Å². The first-order valence-electron chi connectivity index (χ1n) is 7.35. The summed E-state index contributed by atoms with van der Waals surface area (Å²) in [4.78, 5) is 23.4. The average Bonchev–Trinajstić information content (AvgIpc) is 2.56. The van der Waals surface area contributed by atoms with Crippen LogP contribution < -0.4 is 5.32 Å². The Morgan fingerprint density at radius 3 is 2.22 bits per heavy atom. The number of ether oxygens (including phenoxy) is 1. The van der Waals surface area contributed by atoms with Crippen molar-refractivity contribution in [2.24, 2.45) is 0 Å². The summed E-state index contributed by atoms with van der Waals surface area (Å²) in [6.07, 6.45) is 0.925. The van der Waals surface area contributed by atoms with Crippen LogP contribution in [0, 0.1) is 5.82 Å². The molecule has 0 fully saturated rings. The van der Waals surface area contributed by atoms with E-state index < -0.39 is 11.9 Å². The molecule has 2 aromatic rings. The summed E-state index contributed by atoms with van der Waals surface area (Å²) in [6, 6.07) is 13.0. The molecule has 4 nitrogen and oxygen atoms in total. The number of carbonyl (C=O) groups excluding carboxylic acids is 2. The predicted molar refractivity (Wildman–Crippen MR) is 85.5 cm³/mol. The number of hydrogen-bond donors (Lipinski definition) is 1. The minimum Gasteiger partial charge on any atom is -0.455 e. The Morgan fingerprint density at radius 2 is 1.61 bits per heavy atom. The van der Waals surface area contributed by atoms with Crippen LogP contribution in [0.1, 0.15) is 18.1 Å². The van der Waals surface area contributed by atoms with Crippen LogP contribution in [-0.4, -0.2) is 18.5 Å². The van der Waals surface area contributed by atoms with Crippen molar-refractivity contribution in [3.8, 4) is 0 Å². The lowest BCUT2D eigenvalue weighted by molar-refractivity contribution is -0.146. The van der Waals surface area contributed by atoms with Crippen LogP contribution in [-0.2, 0) is 27.2 Å². The molecular weight excluding hydrogens is 297 g/mol. The van der Waals surface area contributed by atoms with Gasteiger partial charge in [-0.1, -0.05) is 31.2 Å². The lowest BCUT2D eigenvalue weighted by atomic mass is 10.1. The van der Waals surface area contributed by atoms with Crippen LogP contribution in [0.5, 0.6) is 0 Å². The lowest BCUT2D eigenvalue weighted by Gasteiger charge is -2.07. The van der Waals surface area contributed by atoms with Crippen LogP contribution in [0.25, 0.3) is 0 Å². The summed E-state index contributed by atoms with van der Waals surface area (Å²) in [7, 11) is 0. The van der Waals surface area contributed by atoms with Crippen LogP contribution in [0.3, 0.4) is 0 Å². The van der Waals surface area contributed by atoms with E-state index in [0.717, 1.165) is 6.42 Å². The number of nitrogens with one attached hydrogen (secondary N) is 1. The molecule has 0 saturated carbocycles. The second-order valence-electron chi connectivity index (χ2n) is 5.06. The maximum atomic E-state index is 12.8. The molecule has 0 radical (unpaired) electrons. The molecule has 0 aliphatic heterocycles. The summed E-state index contributed by atoms with van der Waals surface area (Å²) in [6.45, 7) is 1.70. The van der Waals surface area contributed by atoms with E-state index in [1.165, 1.54) is 29.8 Å². The van der Waals surface area contributed by atoms with E-state index in [-0.39, 0.29) is 18.8 Å². The molecule has 0 unspecified atom stereocenters. The van der Waals surface area contributed by atoms with Crippen molar-refractivity contribution in [3.63, 3.8) is 0 Å². The quantitative estimate of drug-likeness (QED) is 0.833. The van der Waals surface area contributed by atoms with Gasteiger partial charge in [0.15, 0.2) is 6.61 Å². The molecule has 0 heterocycles. The fraction of sp³-hybridized carbons (Fsp3) is 0.222. The second kappa shape index (κ2) is 8.08. The van der Waals surface area contributed by atoms with Gasteiger partial charge < -0.3 is 10.1 Å². The van der Waals surface area contributed by atoms with Gasteiger partial charge in [0.2, 0.25) is 0 Å². The topological polar surface area (TPSA) is 55.4 Å². The highest BCUT2D eigenvalue weighted by molar-refractivity contribution is 5.92. The highest BCUT2D eigenvalue weighted by Crippen LogP contribution is 2.10. The molecule has 0 bridgehead atoms. The first-order valence-corrected chi connectivity index (χ1v) is 7.35. The van der Waals surface area contributed by atoms with E-state index in [9.17, 15) is 14.0 Å². The van der Waals surface area contributed by atoms with E-state index in [1.807, 2.05) is 19.1 Å². The number of benzene rings is 2. The van der Waals surface area contributed by atoms with Gasteiger partial charge in [0.05, 0.1) is 6.42 Å². The summed E-state index contributed by atoms with van der Waals surface area (Å²) in [5.41, 5.74) is 2.46. The standard InChI is InChI=1S/C18H18FNO3/c1-2-13-5-9-16(10-6-13)20-17(21)12-23-18(22)11-14-3-7-15(19)8-4-14/h3-10H,2,11-12H2,1H3,(H,20,21). The summed E-state index contributed by atoms with van der Waals surface area (Å²) >= 11 is 0. The highest BCUT2D eigenvalue weighted by atomic mass is 19.1. The zero-order chi connectivity index (χ0) is 16.7. The van der Waals surface area contributed by atoms with Gasteiger partial charge in [-0.3, -0.25) is 9.59 Å². The smallest absolute Gasteiger partial charge is 0.310 e. The Balaban J connectivity index is 1.76. The van der Waals surface area contributed by atoms with Gasteiger partial charge in [0.1, 0.15) is 5.82 Å². The second-order valence-corrected chi connectivity index (χ2v) is 5.06. The zero-order valence-corrected chi connectivity index (χ0v) is 12.8. The molecule has 23 heavy (non-hydrogen) atoms. The number of rotatable bonds is 6. The summed E-state index contributed by atoms with van der Waals surface area (Å²) in [5.74, 6) is -1.30. The van der Waals surface area contributed by atoms with Crippen molar-refractivity contribution >= 4 is 17.6 Å². The third-order valence-corrected chi connectivity index (χ3v) is 3.27. The number of esters is 1. The molecule has 0 spiro atoms. The number of halogens is 1. The van der Waals surface area contributed by atoms with E-state index >= 15 is 0 Å². The van der Waals surface area contributed by atoms with Crippen molar-refractivity contribution in [3.05, 3.63) is 65.5 Å². The third-order valence-electron chi connectivity index (χ3n) is 3.27. The van der Waals surface area contributed by atoms with Crippen LogP contribution in [0.15, 0.2) is 48.5 Å². The first kappa shape index (κ1) is 16.7. The molecule has 120 valence electrons. The molecule has 1 amide bonds. The van der Waals surface area contributed by atoms with Gasteiger partial charge in [0, 0.05) is 5.69 Å². The van der Waals surface area contributed by atoms with Gasteiger partial charge in [-0.05, 0) is 41.8 Å². The van der Waals surface area contributed by atoms with Gasteiger partial charge >= 0.3 is 5.97 Å². The highest BCUT2D eigenvalue weighted by Gasteiger charge is 2.09. The molecule has 5 heteroatoms. The van der Waals surface area contributed by atoms with Crippen molar-refractivity contribution in [1.82, 2.24) is 0 Å². The number of amides is 1. The fourth-order valence-electron chi connectivity index (χ4n) is 1.99. The van der Waals surface area contributed by atoms with Crippen molar-refractivity contribution in [2.75, 3.05) is 11.9 Å². The minimum absolute atomic E-state index is 0.00123. The number of carbonyl (C=O) groups is 2. The SMILES string of the molecule is CCc1ccc(NC(=O)COC(=O)Cc2ccc(F)cc2)cc1. The minimum atomic E-state index is -0.534. The Morgan fingerprint density at radius 1 is 1.00 bits per heavy atom. The Labute approximate surface area is 134 Å². The van der Waals surface area contributed by atoms with Crippen molar-refractivity contribution in [1.29, 1.82) is 0 Å². The molecule has 1 N–H and O–H groups in total. The first-order chi connectivity index (χ1) is 11.1. The van der Waals surface area contributed by atoms with Crippen molar-refractivity contribution < 1.29 is 18.7 Å². The number of hydrogen-bond acceptors (Lipinski definition) is 3. The molecule has 2 rings (SSSR count). The molecule has 0 aliphatic carbocycles. The fourth-order valence-corrected chi connectivity index (χ4v) is 1.99. The van der Waals surface area contributed by atoms with Crippen LogP contribution in [0.4, 0.5) is 10.1 Å². The lowest BCUT2D eigenvalue weighted by Crippen LogP contribution is -2.21. The maximum absolute atomic E-state index is 12.8. The van der Waals surface area contributed by atoms with Crippen molar-refractivity contribution in [2.45, 2.75) is 19.8 Å². The molecule has 0 saturated heterocycles. The third kappa shape index (κ3) is 5.54. The summed E-state index contributed by atoms with van der Waals surface area (Å²) in [5, 5.41) is 2.65. The Hall–Kier alpha value is -2.69. The molecule has 0 aromatic heterocycles. The van der Waals surface area contributed by atoms with Crippen LogP contribution in [0.2, 0.25) is 0 Å². The van der Waals surface area contributed by atoms with E-state index in [1.54, 1.807) is 12.1 Å². The molecular formula is C18H18FNO3. The maximum Gasteiger partial charge on any atom is 0.310 e. The molecule has 0 atom stereocenters. The van der Waals surface area contributed by atoms with E-state index in [4.69, 9.17) is 4.74 Å². The van der Waals surface area contributed by atoms with Gasteiger partial charge in [-0.25, -0.2) is 4.39 Å². The molecule has 2 aromatic carbocycles. The van der Waals surface area contributed by atoms with E-state index in [0.29, 0.717) is 11.3 Å².